The lowest BCUT2D eigenvalue weighted by atomic mass is 10.3. The van der Waals surface area contributed by atoms with Gasteiger partial charge in [-0.15, -0.1) is 5.10 Å². The molecule has 1 heterocycles. The van der Waals surface area contributed by atoms with Gasteiger partial charge in [0.1, 0.15) is 0 Å². The Bertz CT molecular complexity index is 306. The maximum atomic E-state index is 6.10. The summed E-state index contributed by atoms with van der Waals surface area (Å²) in [6.45, 7) is 0. The lowest BCUT2D eigenvalue weighted by molar-refractivity contribution is 0.640. The van der Waals surface area contributed by atoms with Crippen LogP contribution in [0.2, 0.25) is 0 Å². The molecule has 0 bridgehead atoms. The minimum Gasteiger partial charge on any atom is -0.322 e. The number of rotatable bonds is 4. The van der Waals surface area contributed by atoms with E-state index in [0.717, 1.165) is 16.7 Å². The SMILES string of the molecule is Cn1nncc1C(N)CSC1CCCC1. The molecule has 15 heavy (non-hydrogen) atoms. The van der Waals surface area contributed by atoms with Gasteiger partial charge in [0.05, 0.1) is 17.9 Å². The molecule has 1 aromatic rings. The average Bonchev–Trinajstić information content (AvgIpc) is 2.84. The zero-order chi connectivity index (χ0) is 10.7. The number of nitrogens with two attached hydrogens (primary N) is 1. The Morgan fingerprint density at radius 3 is 2.93 bits per heavy atom. The maximum absolute atomic E-state index is 6.10. The van der Waals surface area contributed by atoms with Crippen LogP contribution in [0.25, 0.3) is 0 Å². The fourth-order valence-corrected chi connectivity index (χ4v) is 3.33. The number of aromatic nitrogens is 3. The van der Waals surface area contributed by atoms with E-state index in [4.69, 9.17) is 5.73 Å². The lowest BCUT2D eigenvalue weighted by Gasteiger charge is -2.14. The largest absolute Gasteiger partial charge is 0.322 e. The van der Waals surface area contributed by atoms with Crippen molar-refractivity contribution in [1.82, 2.24) is 15.0 Å². The lowest BCUT2D eigenvalue weighted by Crippen LogP contribution is -2.18. The quantitative estimate of drug-likeness (QED) is 0.845. The van der Waals surface area contributed by atoms with Gasteiger partial charge in [-0.2, -0.15) is 11.8 Å². The summed E-state index contributed by atoms with van der Waals surface area (Å²) in [5.74, 6) is 0.978. The first kappa shape index (κ1) is 11.0. The minimum absolute atomic E-state index is 0.0654. The number of hydrogen-bond acceptors (Lipinski definition) is 4. The van der Waals surface area contributed by atoms with E-state index >= 15 is 0 Å². The van der Waals surface area contributed by atoms with Gasteiger partial charge < -0.3 is 5.73 Å². The van der Waals surface area contributed by atoms with Crippen LogP contribution >= 0.6 is 11.8 Å². The van der Waals surface area contributed by atoms with Gasteiger partial charge in [0, 0.05) is 18.1 Å². The number of thioether (sulfide) groups is 1. The molecule has 2 rings (SSSR count). The van der Waals surface area contributed by atoms with E-state index < -0.39 is 0 Å². The molecule has 2 N–H and O–H groups in total. The summed E-state index contributed by atoms with van der Waals surface area (Å²) in [6.07, 6.45) is 7.27. The topological polar surface area (TPSA) is 56.7 Å². The van der Waals surface area contributed by atoms with Crippen LogP contribution in [0.15, 0.2) is 6.20 Å². The Kier molecular flexibility index (Phi) is 3.64. The third kappa shape index (κ3) is 2.72. The maximum Gasteiger partial charge on any atom is 0.0759 e. The predicted molar refractivity (Wildman–Crippen MR) is 62.6 cm³/mol. The van der Waals surface area contributed by atoms with Crippen molar-refractivity contribution >= 4 is 11.8 Å². The van der Waals surface area contributed by atoms with Crippen LogP contribution in [0.4, 0.5) is 0 Å². The highest BCUT2D eigenvalue weighted by atomic mass is 32.2. The Morgan fingerprint density at radius 2 is 2.33 bits per heavy atom. The monoisotopic (exact) mass is 226 g/mol. The fraction of sp³-hybridized carbons (Fsp3) is 0.800. The van der Waals surface area contributed by atoms with Gasteiger partial charge in [-0.3, -0.25) is 4.68 Å². The molecule has 1 aliphatic carbocycles. The third-order valence-electron chi connectivity index (χ3n) is 2.94. The van der Waals surface area contributed by atoms with Crippen molar-refractivity contribution in [3.8, 4) is 0 Å². The molecule has 1 saturated carbocycles. The van der Waals surface area contributed by atoms with Crippen LogP contribution in [0.3, 0.4) is 0 Å². The molecule has 0 saturated heterocycles. The van der Waals surface area contributed by atoms with E-state index in [1.165, 1.54) is 25.7 Å². The second-order valence-electron chi connectivity index (χ2n) is 4.13. The summed E-state index contributed by atoms with van der Waals surface area (Å²) in [4.78, 5) is 0. The minimum atomic E-state index is 0.0654. The van der Waals surface area contributed by atoms with Gasteiger partial charge in [-0.05, 0) is 12.8 Å². The molecule has 5 heteroatoms. The predicted octanol–water partition coefficient (Wildman–Crippen LogP) is 1.49. The van der Waals surface area contributed by atoms with Crippen LogP contribution in [-0.2, 0) is 7.05 Å². The number of aryl methyl sites for hydroxylation is 1. The summed E-state index contributed by atoms with van der Waals surface area (Å²) >= 11 is 2.01. The van der Waals surface area contributed by atoms with Gasteiger partial charge in [-0.1, -0.05) is 18.1 Å². The van der Waals surface area contributed by atoms with Crippen LogP contribution < -0.4 is 5.73 Å². The number of hydrogen-bond donors (Lipinski definition) is 1. The van der Waals surface area contributed by atoms with Gasteiger partial charge in [0.15, 0.2) is 0 Å². The highest BCUT2D eigenvalue weighted by molar-refractivity contribution is 7.99. The van der Waals surface area contributed by atoms with Gasteiger partial charge in [-0.25, -0.2) is 0 Å². The Labute approximate surface area is 94.6 Å². The van der Waals surface area contributed by atoms with Crippen molar-refractivity contribution in [2.24, 2.45) is 12.8 Å². The normalized spacial score (nSPS) is 19.6. The molecular weight excluding hydrogens is 208 g/mol. The molecule has 1 unspecified atom stereocenters. The summed E-state index contributed by atoms with van der Waals surface area (Å²) in [5.41, 5.74) is 7.12. The van der Waals surface area contributed by atoms with E-state index in [-0.39, 0.29) is 6.04 Å². The van der Waals surface area contributed by atoms with Crippen molar-refractivity contribution in [2.75, 3.05) is 5.75 Å². The van der Waals surface area contributed by atoms with Gasteiger partial charge >= 0.3 is 0 Å². The Hall–Kier alpha value is -0.550. The van der Waals surface area contributed by atoms with Crippen molar-refractivity contribution < 1.29 is 0 Å². The van der Waals surface area contributed by atoms with E-state index in [2.05, 4.69) is 10.3 Å². The smallest absolute Gasteiger partial charge is 0.0759 e. The molecular formula is C10H18N4S. The molecule has 0 spiro atoms. The Morgan fingerprint density at radius 1 is 1.60 bits per heavy atom. The summed E-state index contributed by atoms with van der Waals surface area (Å²) in [5, 5.41) is 8.57. The zero-order valence-corrected chi connectivity index (χ0v) is 9.91. The van der Waals surface area contributed by atoms with E-state index in [9.17, 15) is 0 Å². The molecule has 1 fully saturated rings. The van der Waals surface area contributed by atoms with E-state index in [1.807, 2.05) is 18.8 Å². The summed E-state index contributed by atoms with van der Waals surface area (Å²) in [6, 6.07) is 0.0654. The van der Waals surface area contributed by atoms with E-state index in [1.54, 1.807) is 10.9 Å². The molecule has 1 aromatic heterocycles. The highest BCUT2D eigenvalue weighted by Gasteiger charge is 2.18. The molecule has 0 aliphatic heterocycles. The third-order valence-corrected chi connectivity index (χ3v) is 4.44. The molecule has 1 aliphatic rings. The van der Waals surface area contributed by atoms with E-state index in [0.29, 0.717) is 0 Å². The van der Waals surface area contributed by atoms with Gasteiger partial charge in [0.25, 0.3) is 0 Å². The van der Waals surface area contributed by atoms with Crippen LogP contribution in [-0.4, -0.2) is 26.0 Å². The van der Waals surface area contributed by atoms with Gasteiger partial charge in [0.2, 0.25) is 0 Å². The number of nitrogens with zero attached hydrogens (tertiary/aromatic N) is 3. The molecule has 84 valence electrons. The van der Waals surface area contributed by atoms with Crippen molar-refractivity contribution in [3.05, 3.63) is 11.9 Å². The van der Waals surface area contributed by atoms with Crippen LogP contribution in [0.1, 0.15) is 37.4 Å². The first-order valence-corrected chi connectivity index (χ1v) is 6.54. The molecule has 0 amide bonds. The average molecular weight is 226 g/mol. The van der Waals surface area contributed by atoms with Crippen molar-refractivity contribution in [1.29, 1.82) is 0 Å². The molecule has 0 aromatic carbocycles. The second kappa shape index (κ2) is 4.99. The first-order chi connectivity index (χ1) is 7.27. The summed E-state index contributed by atoms with van der Waals surface area (Å²) < 4.78 is 1.76. The molecule has 1 atom stereocenters. The standard InChI is InChI=1S/C10H18N4S/c1-14-10(6-12-13-14)9(11)7-15-8-4-2-3-5-8/h6,8-9H,2-5,7,11H2,1H3. The second-order valence-corrected chi connectivity index (χ2v) is 5.46. The molecule has 4 nitrogen and oxygen atoms in total. The fourth-order valence-electron chi connectivity index (χ4n) is 2.01. The molecule has 0 radical (unpaired) electrons. The Balaban J connectivity index is 1.81. The highest BCUT2D eigenvalue weighted by Crippen LogP contribution is 2.31. The van der Waals surface area contributed by atoms with Crippen molar-refractivity contribution in [2.45, 2.75) is 37.0 Å². The van der Waals surface area contributed by atoms with Crippen LogP contribution in [0.5, 0.6) is 0 Å². The first-order valence-electron chi connectivity index (χ1n) is 5.49. The van der Waals surface area contributed by atoms with Crippen molar-refractivity contribution in [3.63, 3.8) is 0 Å². The summed E-state index contributed by atoms with van der Waals surface area (Å²) in [7, 11) is 1.89. The van der Waals surface area contributed by atoms with Crippen LogP contribution in [0, 0.1) is 0 Å². The zero-order valence-electron chi connectivity index (χ0n) is 9.09.